The lowest BCUT2D eigenvalue weighted by Gasteiger charge is -2.19. The second-order valence-electron chi connectivity index (χ2n) is 4.97. The van der Waals surface area contributed by atoms with Crippen molar-refractivity contribution in [2.75, 3.05) is 6.54 Å². The van der Waals surface area contributed by atoms with Crippen molar-refractivity contribution in [2.45, 2.75) is 33.2 Å². The molecule has 1 N–H and O–H groups in total. The Hall–Kier alpha value is -0.640. The number of rotatable bonds is 5. The van der Waals surface area contributed by atoms with E-state index in [4.69, 9.17) is 0 Å². The van der Waals surface area contributed by atoms with E-state index >= 15 is 0 Å². The van der Waals surface area contributed by atoms with Crippen molar-refractivity contribution in [1.82, 2.24) is 5.32 Å². The molecule has 1 unspecified atom stereocenters. The lowest BCUT2D eigenvalue weighted by molar-refractivity contribution is 0.552. The van der Waals surface area contributed by atoms with Crippen LogP contribution in [0, 0.1) is 13.8 Å². The monoisotopic (exact) mass is 337 g/mol. The predicted molar refractivity (Wildman–Crippen MR) is 88.1 cm³/mol. The Morgan fingerprint density at radius 2 is 1.84 bits per heavy atom. The first-order valence-electron chi connectivity index (χ1n) is 6.63. The number of halogens is 1. The molecule has 0 aliphatic rings. The maximum atomic E-state index is 3.60. The number of likely N-dealkylation sites (N-methyl/N-ethyl adjacent to an activating group) is 1. The highest BCUT2D eigenvalue weighted by Crippen LogP contribution is 2.26. The molecule has 1 heterocycles. The van der Waals surface area contributed by atoms with Crippen LogP contribution in [0.4, 0.5) is 0 Å². The molecule has 1 aromatic heterocycles. The molecule has 102 valence electrons. The van der Waals surface area contributed by atoms with Gasteiger partial charge in [0.25, 0.3) is 0 Å². The number of hydrogen-bond acceptors (Lipinski definition) is 2. The van der Waals surface area contributed by atoms with Gasteiger partial charge in [0, 0.05) is 27.2 Å². The van der Waals surface area contributed by atoms with E-state index in [1.165, 1.54) is 26.0 Å². The van der Waals surface area contributed by atoms with Gasteiger partial charge in [-0.05, 0) is 48.0 Å². The summed E-state index contributed by atoms with van der Waals surface area (Å²) in [6.07, 6.45) is 1.05. The Bertz CT molecular complexity index is 527. The molecule has 3 heteroatoms. The maximum absolute atomic E-state index is 3.60. The molecule has 1 aromatic carbocycles. The summed E-state index contributed by atoms with van der Waals surface area (Å²) < 4.78 is 1.18. The largest absolute Gasteiger partial charge is 0.310 e. The van der Waals surface area contributed by atoms with Gasteiger partial charge in [-0.25, -0.2) is 0 Å². The molecule has 0 aliphatic heterocycles. The number of thiophene rings is 1. The quantitative estimate of drug-likeness (QED) is 0.807. The molecule has 0 amide bonds. The van der Waals surface area contributed by atoms with E-state index in [2.05, 4.69) is 71.7 Å². The zero-order chi connectivity index (χ0) is 13.8. The summed E-state index contributed by atoms with van der Waals surface area (Å²) in [5.41, 5.74) is 4.07. The van der Waals surface area contributed by atoms with Crippen molar-refractivity contribution in [3.63, 3.8) is 0 Å². The third-order valence-corrected chi connectivity index (χ3v) is 4.84. The van der Waals surface area contributed by atoms with Gasteiger partial charge in [-0.15, -0.1) is 11.3 Å². The molecule has 19 heavy (non-hydrogen) atoms. The van der Waals surface area contributed by atoms with Gasteiger partial charge in [-0.3, -0.25) is 0 Å². The highest BCUT2D eigenvalue weighted by molar-refractivity contribution is 9.10. The Balaban J connectivity index is 2.23. The first kappa shape index (κ1) is 14.8. The number of aryl methyl sites for hydroxylation is 2. The van der Waals surface area contributed by atoms with Gasteiger partial charge in [0.05, 0.1) is 0 Å². The third-order valence-electron chi connectivity index (χ3n) is 3.12. The van der Waals surface area contributed by atoms with E-state index in [0.29, 0.717) is 6.04 Å². The molecule has 2 aromatic rings. The van der Waals surface area contributed by atoms with Gasteiger partial charge in [-0.1, -0.05) is 36.2 Å². The van der Waals surface area contributed by atoms with Gasteiger partial charge in [-0.2, -0.15) is 0 Å². The van der Waals surface area contributed by atoms with Crippen LogP contribution in [0.15, 0.2) is 34.1 Å². The second kappa shape index (κ2) is 6.69. The van der Waals surface area contributed by atoms with Crippen molar-refractivity contribution in [3.05, 3.63) is 55.7 Å². The highest BCUT2D eigenvalue weighted by Gasteiger charge is 2.13. The van der Waals surface area contributed by atoms with E-state index in [9.17, 15) is 0 Å². The van der Waals surface area contributed by atoms with Crippen LogP contribution in [0.3, 0.4) is 0 Å². The van der Waals surface area contributed by atoms with E-state index in [1.54, 1.807) is 0 Å². The van der Waals surface area contributed by atoms with E-state index in [1.807, 2.05) is 11.3 Å². The first-order valence-corrected chi connectivity index (χ1v) is 8.30. The van der Waals surface area contributed by atoms with Crippen molar-refractivity contribution in [1.29, 1.82) is 0 Å². The molecular formula is C16H20BrNS. The van der Waals surface area contributed by atoms with Crippen molar-refractivity contribution in [3.8, 4) is 0 Å². The van der Waals surface area contributed by atoms with Crippen molar-refractivity contribution in [2.24, 2.45) is 0 Å². The Morgan fingerprint density at radius 1 is 1.16 bits per heavy atom. The van der Waals surface area contributed by atoms with Gasteiger partial charge in [0.2, 0.25) is 0 Å². The summed E-state index contributed by atoms with van der Waals surface area (Å²) in [6, 6.07) is 9.44. The highest BCUT2D eigenvalue weighted by atomic mass is 79.9. The van der Waals surface area contributed by atoms with Crippen molar-refractivity contribution < 1.29 is 0 Å². The van der Waals surface area contributed by atoms with Crippen LogP contribution in [-0.4, -0.2) is 6.54 Å². The number of benzene rings is 1. The molecule has 0 fully saturated rings. The van der Waals surface area contributed by atoms with Crippen LogP contribution in [0.1, 0.15) is 34.5 Å². The summed E-state index contributed by atoms with van der Waals surface area (Å²) in [5, 5.41) is 5.76. The predicted octanol–water partition coefficient (Wildman–Crippen LogP) is 5.02. The number of nitrogens with one attached hydrogen (secondary N) is 1. The molecule has 1 atom stereocenters. The van der Waals surface area contributed by atoms with Crippen molar-refractivity contribution >= 4 is 27.3 Å². The van der Waals surface area contributed by atoms with Crippen LogP contribution in [0.5, 0.6) is 0 Å². The SMILES string of the molecule is CCNC(Cc1cc(Br)cs1)c1cc(C)cc(C)c1. The van der Waals surface area contributed by atoms with Crippen LogP contribution >= 0.6 is 27.3 Å². The maximum Gasteiger partial charge on any atom is 0.0368 e. The van der Waals surface area contributed by atoms with Crippen LogP contribution in [-0.2, 0) is 6.42 Å². The van der Waals surface area contributed by atoms with Crippen LogP contribution in [0.25, 0.3) is 0 Å². The lowest BCUT2D eigenvalue weighted by Crippen LogP contribution is -2.22. The molecular weight excluding hydrogens is 318 g/mol. The van der Waals surface area contributed by atoms with E-state index in [-0.39, 0.29) is 0 Å². The molecule has 2 rings (SSSR count). The standard InChI is InChI=1S/C16H20BrNS/c1-4-18-16(9-15-8-14(17)10-19-15)13-6-11(2)5-12(3)7-13/h5-8,10,16,18H,4,9H2,1-3H3. The first-order chi connectivity index (χ1) is 9.08. The Labute approximate surface area is 128 Å². The molecule has 0 saturated carbocycles. The molecule has 0 bridgehead atoms. The molecule has 1 nitrogen and oxygen atoms in total. The molecule has 0 saturated heterocycles. The minimum absolute atomic E-state index is 0.397. The fraction of sp³-hybridized carbons (Fsp3) is 0.375. The average Bonchev–Trinajstić information content (AvgIpc) is 2.73. The molecule has 0 aliphatic carbocycles. The second-order valence-corrected chi connectivity index (χ2v) is 6.88. The zero-order valence-electron chi connectivity index (χ0n) is 11.7. The van der Waals surface area contributed by atoms with Crippen LogP contribution in [0.2, 0.25) is 0 Å². The average molecular weight is 338 g/mol. The topological polar surface area (TPSA) is 12.0 Å². The molecule has 0 spiro atoms. The fourth-order valence-corrected chi connectivity index (χ4v) is 3.93. The lowest BCUT2D eigenvalue weighted by atomic mass is 9.98. The summed E-state index contributed by atoms with van der Waals surface area (Å²) in [4.78, 5) is 1.41. The third kappa shape index (κ3) is 4.16. The van der Waals surface area contributed by atoms with Gasteiger partial charge in [0.1, 0.15) is 0 Å². The normalized spacial score (nSPS) is 12.6. The van der Waals surface area contributed by atoms with Gasteiger partial charge in [0.15, 0.2) is 0 Å². The van der Waals surface area contributed by atoms with E-state index in [0.717, 1.165) is 13.0 Å². The summed E-state index contributed by atoms with van der Waals surface area (Å²) in [5.74, 6) is 0. The Kier molecular flexibility index (Phi) is 5.20. The summed E-state index contributed by atoms with van der Waals surface area (Å²) in [7, 11) is 0. The molecule has 0 radical (unpaired) electrons. The van der Waals surface area contributed by atoms with E-state index < -0.39 is 0 Å². The summed E-state index contributed by atoms with van der Waals surface area (Å²) >= 11 is 5.35. The Morgan fingerprint density at radius 3 is 2.37 bits per heavy atom. The zero-order valence-corrected chi connectivity index (χ0v) is 14.1. The minimum Gasteiger partial charge on any atom is -0.310 e. The summed E-state index contributed by atoms with van der Waals surface area (Å²) in [6.45, 7) is 7.49. The number of hydrogen-bond donors (Lipinski definition) is 1. The van der Waals surface area contributed by atoms with Crippen LogP contribution < -0.4 is 5.32 Å². The fourth-order valence-electron chi connectivity index (χ4n) is 2.43. The smallest absolute Gasteiger partial charge is 0.0368 e. The van der Waals surface area contributed by atoms with Gasteiger partial charge < -0.3 is 5.32 Å². The minimum atomic E-state index is 0.397. The van der Waals surface area contributed by atoms with Gasteiger partial charge >= 0.3 is 0 Å².